The van der Waals surface area contributed by atoms with Crippen LogP contribution in [0.1, 0.15) is 10.4 Å². The number of hydrogen-bond donors (Lipinski definition) is 2. The lowest BCUT2D eigenvalue weighted by Crippen LogP contribution is -2.15. The van der Waals surface area contributed by atoms with E-state index in [0.717, 1.165) is 4.34 Å². The molecule has 2 aromatic carbocycles. The van der Waals surface area contributed by atoms with Gasteiger partial charge in [0, 0.05) is 11.3 Å². The summed E-state index contributed by atoms with van der Waals surface area (Å²) >= 11 is 2.71. The van der Waals surface area contributed by atoms with Gasteiger partial charge in [-0.3, -0.25) is 9.59 Å². The van der Waals surface area contributed by atoms with Crippen molar-refractivity contribution in [1.29, 1.82) is 0 Å². The Morgan fingerprint density at radius 2 is 1.89 bits per heavy atom. The number of carbonyl (C=O) groups excluding carboxylic acids is 2. The van der Waals surface area contributed by atoms with Crippen molar-refractivity contribution >= 4 is 46.3 Å². The van der Waals surface area contributed by atoms with E-state index in [9.17, 15) is 9.59 Å². The summed E-state index contributed by atoms with van der Waals surface area (Å²) in [7, 11) is 1.55. The SMILES string of the molecule is COc1ccccc1NC(=O)c1ccc(NC(=O)CSc2nncs2)cc1. The van der Waals surface area contributed by atoms with Crippen molar-refractivity contribution in [2.45, 2.75) is 4.34 Å². The molecule has 0 saturated carbocycles. The van der Waals surface area contributed by atoms with Gasteiger partial charge in [0.1, 0.15) is 11.3 Å². The normalized spacial score (nSPS) is 10.3. The molecule has 3 rings (SSSR count). The fourth-order valence-corrected chi connectivity index (χ4v) is 3.49. The highest BCUT2D eigenvalue weighted by Gasteiger charge is 2.10. The number of nitrogens with one attached hydrogen (secondary N) is 2. The average molecular weight is 400 g/mol. The molecule has 0 aliphatic rings. The Bertz CT molecular complexity index is 915. The van der Waals surface area contributed by atoms with Crippen molar-refractivity contribution in [3.8, 4) is 5.75 Å². The molecule has 0 bridgehead atoms. The second kappa shape index (κ2) is 9.15. The van der Waals surface area contributed by atoms with E-state index >= 15 is 0 Å². The van der Waals surface area contributed by atoms with Gasteiger partial charge in [0.15, 0.2) is 4.34 Å². The molecule has 7 nitrogen and oxygen atoms in total. The largest absolute Gasteiger partial charge is 0.495 e. The highest BCUT2D eigenvalue weighted by Crippen LogP contribution is 2.24. The van der Waals surface area contributed by atoms with Gasteiger partial charge in [0.2, 0.25) is 5.91 Å². The average Bonchev–Trinajstić information content (AvgIpc) is 3.21. The molecule has 0 atom stereocenters. The van der Waals surface area contributed by atoms with Crippen LogP contribution in [0.25, 0.3) is 0 Å². The Balaban J connectivity index is 1.56. The van der Waals surface area contributed by atoms with Gasteiger partial charge in [-0.2, -0.15) is 0 Å². The lowest BCUT2D eigenvalue weighted by molar-refractivity contribution is -0.113. The number of methoxy groups -OCH3 is 1. The molecule has 0 saturated heterocycles. The van der Waals surface area contributed by atoms with Crippen LogP contribution in [0.3, 0.4) is 0 Å². The fourth-order valence-electron chi connectivity index (χ4n) is 2.20. The molecule has 0 aliphatic carbocycles. The number of benzene rings is 2. The summed E-state index contributed by atoms with van der Waals surface area (Å²) in [6.45, 7) is 0. The van der Waals surface area contributed by atoms with Crippen LogP contribution in [0.2, 0.25) is 0 Å². The van der Waals surface area contributed by atoms with Crippen LogP contribution in [-0.2, 0) is 4.79 Å². The molecule has 0 spiro atoms. The van der Waals surface area contributed by atoms with Crippen LogP contribution in [0, 0.1) is 0 Å². The molecule has 1 heterocycles. The number of carbonyl (C=O) groups is 2. The van der Waals surface area contributed by atoms with Crippen molar-refractivity contribution in [1.82, 2.24) is 10.2 Å². The molecule has 0 radical (unpaired) electrons. The van der Waals surface area contributed by atoms with Gasteiger partial charge in [-0.05, 0) is 36.4 Å². The monoisotopic (exact) mass is 400 g/mol. The summed E-state index contributed by atoms with van der Waals surface area (Å²) in [5.74, 6) is 0.416. The van der Waals surface area contributed by atoms with E-state index < -0.39 is 0 Å². The fraction of sp³-hybridized carbons (Fsp3) is 0.111. The minimum Gasteiger partial charge on any atom is -0.495 e. The van der Waals surface area contributed by atoms with Crippen LogP contribution in [0.4, 0.5) is 11.4 Å². The molecule has 138 valence electrons. The van der Waals surface area contributed by atoms with Crippen molar-refractivity contribution in [3.63, 3.8) is 0 Å². The minimum atomic E-state index is -0.260. The number of nitrogens with zero attached hydrogens (tertiary/aromatic N) is 2. The number of rotatable bonds is 7. The first kappa shape index (κ1) is 18.9. The number of ether oxygens (including phenoxy) is 1. The third kappa shape index (κ3) is 5.28. The molecule has 3 aromatic rings. The molecular weight excluding hydrogens is 384 g/mol. The molecule has 0 aliphatic heterocycles. The molecule has 2 N–H and O–H groups in total. The first-order chi connectivity index (χ1) is 13.2. The standard InChI is InChI=1S/C18H16N4O3S2/c1-25-15-5-3-2-4-14(15)21-17(24)12-6-8-13(9-7-12)20-16(23)10-26-18-22-19-11-27-18/h2-9,11H,10H2,1H3,(H,20,23)(H,21,24). The molecule has 2 amide bonds. The highest BCUT2D eigenvalue weighted by molar-refractivity contribution is 8.01. The first-order valence-corrected chi connectivity index (χ1v) is 9.75. The number of aromatic nitrogens is 2. The summed E-state index contributed by atoms with van der Waals surface area (Å²) in [6, 6.07) is 13.9. The van der Waals surface area contributed by atoms with E-state index in [0.29, 0.717) is 22.7 Å². The predicted molar refractivity (Wildman–Crippen MR) is 107 cm³/mol. The summed E-state index contributed by atoms with van der Waals surface area (Å²) in [5.41, 5.74) is 3.31. The third-order valence-corrected chi connectivity index (χ3v) is 5.31. The van der Waals surface area contributed by atoms with Crippen LogP contribution in [0.5, 0.6) is 5.75 Å². The zero-order valence-corrected chi connectivity index (χ0v) is 16.0. The highest BCUT2D eigenvalue weighted by atomic mass is 32.2. The van der Waals surface area contributed by atoms with Crippen LogP contribution in [0.15, 0.2) is 58.4 Å². The number of thioether (sulfide) groups is 1. The zero-order chi connectivity index (χ0) is 19.1. The Hall–Kier alpha value is -2.91. The number of hydrogen-bond acceptors (Lipinski definition) is 7. The second-order valence-electron chi connectivity index (χ2n) is 5.27. The lowest BCUT2D eigenvalue weighted by atomic mass is 10.2. The smallest absolute Gasteiger partial charge is 0.255 e. The van der Waals surface area contributed by atoms with Crippen molar-refractivity contribution in [2.75, 3.05) is 23.5 Å². The predicted octanol–water partition coefficient (Wildman–Crippen LogP) is 3.53. The van der Waals surface area contributed by atoms with Gasteiger partial charge in [-0.25, -0.2) is 0 Å². The summed E-state index contributed by atoms with van der Waals surface area (Å²) in [6.07, 6.45) is 0. The Morgan fingerprint density at radius 1 is 1.11 bits per heavy atom. The van der Waals surface area contributed by atoms with Crippen molar-refractivity contribution in [2.24, 2.45) is 0 Å². The van der Waals surface area contributed by atoms with Crippen molar-refractivity contribution < 1.29 is 14.3 Å². The van der Waals surface area contributed by atoms with Crippen molar-refractivity contribution in [3.05, 3.63) is 59.6 Å². The van der Waals surface area contributed by atoms with E-state index in [2.05, 4.69) is 20.8 Å². The van der Waals surface area contributed by atoms with Gasteiger partial charge < -0.3 is 15.4 Å². The van der Waals surface area contributed by atoms with E-state index in [1.165, 1.54) is 23.1 Å². The van der Waals surface area contributed by atoms with Gasteiger partial charge in [0.05, 0.1) is 18.6 Å². The zero-order valence-electron chi connectivity index (χ0n) is 14.3. The Morgan fingerprint density at radius 3 is 2.59 bits per heavy atom. The van der Waals surface area contributed by atoms with E-state index in [4.69, 9.17) is 4.74 Å². The van der Waals surface area contributed by atoms with Crippen LogP contribution < -0.4 is 15.4 Å². The minimum absolute atomic E-state index is 0.151. The van der Waals surface area contributed by atoms with E-state index in [1.54, 1.807) is 49.0 Å². The van der Waals surface area contributed by atoms with Gasteiger partial charge in [-0.15, -0.1) is 10.2 Å². The summed E-state index contributed by atoms with van der Waals surface area (Å²) in [5, 5.41) is 13.2. The first-order valence-electron chi connectivity index (χ1n) is 7.89. The third-order valence-electron chi connectivity index (χ3n) is 3.45. The molecule has 1 aromatic heterocycles. The maximum atomic E-state index is 12.4. The summed E-state index contributed by atoms with van der Waals surface area (Å²) < 4.78 is 5.97. The number of amides is 2. The quantitative estimate of drug-likeness (QED) is 0.590. The van der Waals surface area contributed by atoms with Crippen LogP contribution >= 0.6 is 23.1 Å². The van der Waals surface area contributed by atoms with Gasteiger partial charge in [-0.1, -0.05) is 35.2 Å². The van der Waals surface area contributed by atoms with Gasteiger partial charge >= 0.3 is 0 Å². The Labute approximate surface area is 164 Å². The number of anilines is 2. The van der Waals surface area contributed by atoms with E-state index in [-0.39, 0.29) is 17.6 Å². The molecule has 9 heteroatoms. The maximum Gasteiger partial charge on any atom is 0.255 e. The Kier molecular flexibility index (Phi) is 6.39. The molecule has 27 heavy (non-hydrogen) atoms. The lowest BCUT2D eigenvalue weighted by Gasteiger charge is -2.10. The summed E-state index contributed by atoms with van der Waals surface area (Å²) in [4.78, 5) is 24.4. The van der Waals surface area contributed by atoms with Crippen LogP contribution in [-0.4, -0.2) is 34.9 Å². The van der Waals surface area contributed by atoms with Gasteiger partial charge in [0.25, 0.3) is 5.91 Å². The number of para-hydroxylation sites is 2. The molecule has 0 fully saturated rings. The molecule has 0 unspecified atom stereocenters. The van der Waals surface area contributed by atoms with E-state index in [1.807, 2.05) is 12.1 Å². The molecular formula is C18H16N4O3S2. The second-order valence-corrected chi connectivity index (χ2v) is 7.33. The topological polar surface area (TPSA) is 93.2 Å². The maximum absolute atomic E-state index is 12.4.